The molecule has 1 saturated heterocycles. The van der Waals surface area contributed by atoms with Gasteiger partial charge in [-0.15, -0.1) is 0 Å². The van der Waals surface area contributed by atoms with Crippen LogP contribution in [0.15, 0.2) is 48.5 Å². The highest BCUT2D eigenvalue weighted by molar-refractivity contribution is 6.30. The number of rotatable bonds is 11. The van der Waals surface area contributed by atoms with E-state index < -0.39 is 6.04 Å². The van der Waals surface area contributed by atoms with Crippen LogP contribution in [-0.2, 0) is 22.6 Å². The van der Waals surface area contributed by atoms with Gasteiger partial charge in [0.05, 0.1) is 0 Å². The Morgan fingerprint density at radius 2 is 1.63 bits per heavy atom. The lowest BCUT2D eigenvalue weighted by molar-refractivity contribution is -0.138. The number of benzene rings is 2. The molecular weight excluding hydrogens is 496 g/mol. The normalized spacial score (nSPS) is 19.0. The summed E-state index contributed by atoms with van der Waals surface area (Å²) in [6, 6.07) is 15.9. The molecule has 2 aliphatic rings. The minimum absolute atomic E-state index is 0.00987. The summed E-state index contributed by atoms with van der Waals surface area (Å²) in [5.41, 5.74) is 3.46. The zero-order valence-corrected chi connectivity index (χ0v) is 23.9. The number of halogens is 1. The fourth-order valence-electron chi connectivity index (χ4n) is 6.07. The van der Waals surface area contributed by atoms with E-state index in [0.717, 1.165) is 25.2 Å². The fraction of sp³-hybridized carbons (Fsp3) is 0.548. The summed E-state index contributed by atoms with van der Waals surface area (Å²) in [7, 11) is 2.05. The molecule has 2 atom stereocenters. The molecule has 38 heavy (non-hydrogen) atoms. The number of amides is 2. The number of carbonyl (C=O) groups excluding carboxylic acids is 2. The van der Waals surface area contributed by atoms with Crippen LogP contribution < -0.4 is 5.32 Å². The number of hydrogen-bond donors (Lipinski definition) is 1. The minimum Gasteiger partial charge on any atom is -0.344 e. The molecule has 206 valence electrons. The van der Waals surface area contributed by atoms with Gasteiger partial charge in [0.1, 0.15) is 6.04 Å². The molecule has 0 saturated carbocycles. The molecule has 1 unspecified atom stereocenters. The van der Waals surface area contributed by atoms with Gasteiger partial charge in [0, 0.05) is 62.7 Å². The summed E-state index contributed by atoms with van der Waals surface area (Å²) in [5.74, 6) is -0.0777. The maximum Gasteiger partial charge on any atom is 0.245 e. The van der Waals surface area contributed by atoms with Gasteiger partial charge in [-0.25, -0.2) is 0 Å². The first-order chi connectivity index (χ1) is 18.4. The van der Waals surface area contributed by atoms with Gasteiger partial charge in [0.2, 0.25) is 11.8 Å². The Balaban J connectivity index is 1.43. The van der Waals surface area contributed by atoms with Crippen LogP contribution in [0.2, 0.25) is 5.02 Å². The first-order valence-corrected chi connectivity index (χ1v) is 14.6. The Hall–Kier alpha value is -2.41. The molecule has 0 aromatic heterocycles. The van der Waals surface area contributed by atoms with Crippen molar-refractivity contribution in [2.45, 2.75) is 77.0 Å². The number of carbonyl (C=O) groups is 2. The van der Waals surface area contributed by atoms with Gasteiger partial charge >= 0.3 is 0 Å². The van der Waals surface area contributed by atoms with E-state index in [0.29, 0.717) is 37.0 Å². The molecule has 2 amide bonds. The monoisotopic (exact) mass is 538 g/mol. The van der Waals surface area contributed by atoms with E-state index in [1.54, 1.807) is 0 Å². The summed E-state index contributed by atoms with van der Waals surface area (Å²) in [6.07, 6.45) is 5.56. The number of nitrogens with zero attached hydrogens (tertiary/aromatic N) is 3. The van der Waals surface area contributed by atoms with Crippen molar-refractivity contribution in [1.29, 1.82) is 0 Å². The molecule has 4 rings (SSSR count). The molecule has 2 aliphatic heterocycles. The first kappa shape index (κ1) is 28.6. The quantitative estimate of drug-likeness (QED) is 0.434. The highest BCUT2D eigenvalue weighted by Gasteiger charge is 2.33. The molecule has 0 bridgehead atoms. The van der Waals surface area contributed by atoms with Gasteiger partial charge in [0.25, 0.3) is 0 Å². The maximum absolute atomic E-state index is 13.8. The largest absolute Gasteiger partial charge is 0.344 e. The predicted molar refractivity (Wildman–Crippen MR) is 154 cm³/mol. The lowest BCUT2D eigenvalue weighted by atomic mass is 10.0. The lowest BCUT2D eigenvalue weighted by Gasteiger charge is -2.40. The smallest absolute Gasteiger partial charge is 0.245 e. The predicted octanol–water partition coefficient (Wildman–Crippen LogP) is 5.06. The number of hydrogen-bond acceptors (Lipinski definition) is 4. The summed E-state index contributed by atoms with van der Waals surface area (Å²) >= 11 is 6.10. The Kier molecular flexibility index (Phi) is 10.2. The van der Waals surface area contributed by atoms with Gasteiger partial charge < -0.3 is 10.2 Å². The molecule has 0 radical (unpaired) electrons. The molecule has 2 aromatic rings. The van der Waals surface area contributed by atoms with E-state index in [4.69, 9.17) is 11.6 Å². The van der Waals surface area contributed by atoms with Crippen LogP contribution in [0.5, 0.6) is 0 Å². The Morgan fingerprint density at radius 1 is 0.974 bits per heavy atom. The summed E-state index contributed by atoms with van der Waals surface area (Å²) in [5, 5.41) is 3.79. The second-order valence-electron chi connectivity index (χ2n) is 10.9. The van der Waals surface area contributed by atoms with Crippen molar-refractivity contribution in [2.24, 2.45) is 0 Å². The fourth-order valence-corrected chi connectivity index (χ4v) is 6.20. The third-order valence-corrected chi connectivity index (χ3v) is 8.37. The Morgan fingerprint density at radius 3 is 2.29 bits per heavy atom. The topological polar surface area (TPSA) is 55.9 Å². The summed E-state index contributed by atoms with van der Waals surface area (Å²) in [4.78, 5) is 33.8. The van der Waals surface area contributed by atoms with Crippen LogP contribution >= 0.6 is 11.6 Å². The van der Waals surface area contributed by atoms with Crippen molar-refractivity contribution >= 4 is 23.4 Å². The van der Waals surface area contributed by atoms with Crippen LogP contribution in [0.25, 0.3) is 0 Å². The molecule has 1 N–H and O–H groups in total. The second-order valence-corrected chi connectivity index (χ2v) is 11.3. The zero-order valence-electron chi connectivity index (χ0n) is 23.2. The minimum atomic E-state index is -0.598. The van der Waals surface area contributed by atoms with Crippen molar-refractivity contribution in [3.05, 3.63) is 70.2 Å². The van der Waals surface area contributed by atoms with Crippen molar-refractivity contribution in [3.63, 3.8) is 0 Å². The van der Waals surface area contributed by atoms with Gasteiger partial charge in [0.15, 0.2) is 0 Å². The molecular formula is C31H43ClN4O2. The Bertz CT molecular complexity index is 1060. The highest BCUT2D eigenvalue weighted by Crippen LogP contribution is 2.34. The van der Waals surface area contributed by atoms with E-state index in [9.17, 15) is 9.59 Å². The van der Waals surface area contributed by atoms with Gasteiger partial charge in [-0.05, 0) is 48.7 Å². The number of piperazine rings is 1. The third-order valence-electron chi connectivity index (χ3n) is 8.12. The summed E-state index contributed by atoms with van der Waals surface area (Å²) in [6.45, 7) is 8.51. The SMILES string of the molecule is CCCC(CCC)N1CCN(C(=O)[C@@H](Cc2ccc(Cl)cc2)NC(=O)CC2c3ccccc3CN2C)CC1. The van der Waals surface area contributed by atoms with Crippen molar-refractivity contribution in [2.75, 3.05) is 33.2 Å². The van der Waals surface area contributed by atoms with Crippen molar-refractivity contribution in [3.8, 4) is 0 Å². The van der Waals surface area contributed by atoms with Gasteiger partial charge in [-0.2, -0.15) is 0 Å². The maximum atomic E-state index is 13.8. The Labute approximate surface area is 233 Å². The lowest BCUT2D eigenvalue weighted by Crippen LogP contribution is -2.57. The molecule has 6 nitrogen and oxygen atoms in total. The van der Waals surface area contributed by atoms with Crippen LogP contribution in [0.4, 0.5) is 0 Å². The standard InChI is InChI=1S/C31H43ClN4O2/c1-4-8-26(9-5-2)35-16-18-36(19-17-35)31(38)28(20-23-12-14-25(32)15-13-23)33-30(37)21-29-27-11-7-6-10-24(27)22-34(29)3/h6-7,10-15,26,28-29H,4-5,8-9,16-22H2,1-3H3,(H,33,37)/t28-,29?/m1/s1. The molecule has 2 aromatic carbocycles. The van der Waals surface area contributed by atoms with Crippen LogP contribution in [0, 0.1) is 0 Å². The zero-order chi connectivity index (χ0) is 27.1. The summed E-state index contributed by atoms with van der Waals surface area (Å²) < 4.78 is 0. The van der Waals surface area contributed by atoms with E-state index in [1.165, 1.54) is 36.8 Å². The highest BCUT2D eigenvalue weighted by atomic mass is 35.5. The van der Waals surface area contributed by atoms with Crippen LogP contribution in [0.1, 0.15) is 68.7 Å². The third kappa shape index (κ3) is 7.16. The molecule has 7 heteroatoms. The van der Waals surface area contributed by atoms with Crippen LogP contribution in [-0.4, -0.2) is 71.8 Å². The first-order valence-electron chi connectivity index (χ1n) is 14.2. The molecule has 0 aliphatic carbocycles. The van der Waals surface area contributed by atoms with E-state index >= 15 is 0 Å². The average Bonchev–Trinajstić information content (AvgIpc) is 3.23. The van der Waals surface area contributed by atoms with Crippen molar-refractivity contribution in [1.82, 2.24) is 20.0 Å². The second kappa shape index (κ2) is 13.6. The van der Waals surface area contributed by atoms with Crippen molar-refractivity contribution < 1.29 is 9.59 Å². The van der Waals surface area contributed by atoms with Gasteiger partial charge in [-0.1, -0.05) is 74.7 Å². The number of fused-ring (bicyclic) bond motifs is 1. The van der Waals surface area contributed by atoms with E-state index in [-0.39, 0.29) is 17.9 Å². The number of nitrogens with one attached hydrogen (secondary N) is 1. The molecule has 2 heterocycles. The molecule has 1 fully saturated rings. The molecule has 0 spiro atoms. The average molecular weight is 539 g/mol. The van der Waals surface area contributed by atoms with E-state index in [1.807, 2.05) is 41.3 Å². The van der Waals surface area contributed by atoms with Crippen LogP contribution in [0.3, 0.4) is 0 Å². The van der Waals surface area contributed by atoms with Gasteiger partial charge in [-0.3, -0.25) is 19.4 Å². The van der Waals surface area contributed by atoms with E-state index in [2.05, 4.69) is 48.1 Å².